The molecule has 2 fully saturated rings. The molecule has 1 amide bonds. The van der Waals surface area contributed by atoms with E-state index in [0.717, 1.165) is 24.6 Å². The van der Waals surface area contributed by atoms with Gasteiger partial charge in [-0.2, -0.15) is 0 Å². The summed E-state index contributed by atoms with van der Waals surface area (Å²) in [5, 5.41) is 9.39. The second-order valence-electron chi connectivity index (χ2n) is 7.04. The fourth-order valence-electron chi connectivity index (χ4n) is 3.85. The molecule has 0 radical (unpaired) electrons. The van der Waals surface area contributed by atoms with E-state index in [1.54, 1.807) is 18.5 Å². The second-order valence-corrected chi connectivity index (χ2v) is 7.04. The Hall–Kier alpha value is -2.34. The van der Waals surface area contributed by atoms with Crippen LogP contribution in [0.3, 0.4) is 0 Å². The van der Waals surface area contributed by atoms with Gasteiger partial charge in [0.05, 0.1) is 5.56 Å². The Morgan fingerprint density at radius 1 is 1.24 bits per heavy atom. The SMILES string of the molecule is Cc1ccc(-c2ncccn2)c(C(=O)N2CC3CC3CC2CCO)n1. The van der Waals surface area contributed by atoms with Crippen LogP contribution in [0.4, 0.5) is 0 Å². The molecule has 2 aliphatic rings. The number of hydrogen-bond acceptors (Lipinski definition) is 5. The van der Waals surface area contributed by atoms with Gasteiger partial charge < -0.3 is 10.0 Å². The van der Waals surface area contributed by atoms with E-state index in [1.165, 1.54) is 6.42 Å². The highest BCUT2D eigenvalue weighted by Crippen LogP contribution is 2.48. The molecular weight excluding hydrogens is 316 g/mol. The number of aryl methyl sites for hydroxylation is 1. The molecule has 25 heavy (non-hydrogen) atoms. The summed E-state index contributed by atoms with van der Waals surface area (Å²) in [7, 11) is 0. The van der Waals surface area contributed by atoms with Gasteiger partial charge in [-0.25, -0.2) is 15.0 Å². The van der Waals surface area contributed by atoms with Crippen LogP contribution in [0, 0.1) is 18.8 Å². The molecule has 4 rings (SSSR count). The average molecular weight is 338 g/mol. The number of piperidine rings is 1. The third-order valence-electron chi connectivity index (χ3n) is 5.28. The molecule has 1 aliphatic heterocycles. The van der Waals surface area contributed by atoms with Crippen LogP contribution in [0.25, 0.3) is 11.4 Å². The lowest BCUT2D eigenvalue weighted by atomic mass is 9.98. The standard InChI is InChI=1S/C19H22N4O2/c1-12-3-4-16(18-20-6-2-7-21-18)17(22-12)19(25)23-11-14-9-13(14)10-15(23)5-8-24/h2-4,6-7,13-15,24H,5,8-11H2,1H3. The molecule has 2 aromatic heterocycles. The number of carbonyl (C=O) groups is 1. The van der Waals surface area contributed by atoms with Gasteiger partial charge in [-0.1, -0.05) is 0 Å². The minimum Gasteiger partial charge on any atom is -0.396 e. The van der Waals surface area contributed by atoms with Crippen LogP contribution in [0.2, 0.25) is 0 Å². The molecular formula is C19H22N4O2. The number of amides is 1. The van der Waals surface area contributed by atoms with Gasteiger partial charge in [-0.05, 0) is 56.2 Å². The molecule has 3 heterocycles. The van der Waals surface area contributed by atoms with Crippen LogP contribution in [0.15, 0.2) is 30.6 Å². The summed E-state index contributed by atoms with van der Waals surface area (Å²) in [6.45, 7) is 2.74. The minimum absolute atomic E-state index is 0.0741. The van der Waals surface area contributed by atoms with Gasteiger partial charge in [0.15, 0.2) is 5.82 Å². The van der Waals surface area contributed by atoms with E-state index in [2.05, 4.69) is 15.0 Å². The first kappa shape index (κ1) is 16.1. The predicted molar refractivity (Wildman–Crippen MR) is 92.7 cm³/mol. The van der Waals surface area contributed by atoms with E-state index in [0.29, 0.717) is 29.4 Å². The summed E-state index contributed by atoms with van der Waals surface area (Å²) >= 11 is 0. The van der Waals surface area contributed by atoms with Crippen molar-refractivity contribution in [2.75, 3.05) is 13.2 Å². The van der Waals surface area contributed by atoms with E-state index < -0.39 is 0 Å². The van der Waals surface area contributed by atoms with Crippen molar-refractivity contribution in [1.29, 1.82) is 0 Å². The maximum absolute atomic E-state index is 13.3. The lowest BCUT2D eigenvalue weighted by Crippen LogP contribution is -2.45. The Morgan fingerprint density at radius 2 is 2.04 bits per heavy atom. The van der Waals surface area contributed by atoms with Gasteiger partial charge in [-0.3, -0.25) is 4.79 Å². The number of hydrogen-bond donors (Lipinski definition) is 1. The van der Waals surface area contributed by atoms with E-state index in [1.807, 2.05) is 24.0 Å². The number of pyridine rings is 1. The molecule has 6 heteroatoms. The molecule has 1 saturated carbocycles. The fraction of sp³-hybridized carbons (Fsp3) is 0.474. The van der Waals surface area contributed by atoms with Crippen LogP contribution < -0.4 is 0 Å². The molecule has 2 aromatic rings. The van der Waals surface area contributed by atoms with Crippen molar-refractivity contribution in [1.82, 2.24) is 19.9 Å². The number of rotatable bonds is 4. The van der Waals surface area contributed by atoms with Crippen molar-refractivity contribution in [3.05, 3.63) is 42.0 Å². The number of fused-ring (bicyclic) bond motifs is 1. The van der Waals surface area contributed by atoms with Gasteiger partial charge in [0.2, 0.25) is 0 Å². The molecule has 0 aromatic carbocycles. The molecule has 1 N–H and O–H groups in total. The van der Waals surface area contributed by atoms with Gasteiger partial charge in [0.1, 0.15) is 5.69 Å². The Bertz CT molecular complexity index is 780. The van der Waals surface area contributed by atoms with Crippen LogP contribution >= 0.6 is 0 Å². The van der Waals surface area contributed by atoms with E-state index in [4.69, 9.17) is 0 Å². The third kappa shape index (κ3) is 3.14. The largest absolute Gasteiger partial charge is 0.396 e. The predicted octanol–water partition coefficient (Wildman–Crippen LogP) is 2.08. The lowest BCUT2D eigenvalue weighted by molar-refractivity contribution is 0.0555. The maximum Gasteiger partial charge on any atom is 0.273 e. The smallest absolute Gasteiger partial charge is 0.273 e. The Morgan fingerprint density at radius 3 is 2.80 bits per heavy atom. The number of likely N-dealkylation sites (tertiary alicyclic amines) is 1. The Labute approximate surface area is 147 Å². The molecule has 6 nitrogen and oxygen atoms in total. The van der Waals surface area contributed by atoms with E-state index in [9.17, 15) is 9.90 Å². The molecule has 3 atom stereocenters. The van der Waals surface area contributed by atoms with Crippen molar-refractivity contribution in [3.63, 3.8) is 0 Å². The highest BCUT2D eigenvalue weighted by Gasteiger charge is 2.47. The quantitative estimate of drug-likeness (QED) is 0.923. The molecule has 3 unspecified atom stereocenters. The van der Waals surface area contributed by atoms with E-state index >= 15 is 0 Å². The van der Waals surface area contributed by atoms with Crippen molar-refractivity contribution < 1.29 is 9.90 Å². The lowest BCUT2D eigenvalue weighted by Gasteiger charge is -2.35. The topological polar surface area (TPSA) is 79.2 Å². The first-order valence-corrected chi connectivity index (χ1v) is 8.84. The van der Waals surface area contributed by atoms with Crippen LogP contribution in [0.1, 0.15) is 35.4 Å². The Balaban J connectivity index is 1.70. The van der Waals surface area contributed by atoms with Gasteiger partial charge >= 0.3 is 0 Å². The van der Waals surface area contributed by atoms with Crippen molar-refractivity contribution in [2.24, 2.45) is 11.8 Å². The van der Waals surface area contributed by atoms with Crippen molar-refractivity contribution in [3.8, 4) is 11.4 Å². The third-order valence-corrected chi connectivity index (χ3v) is 5.28. The van der Waals surface area contributed by atoms with Crippen LogP contribution in [-0.4, -0.2) is 50.1 Å². The van der Waals surface area contributed by atoms with Crippen LogP contribution in [-0.2, 0) is 0 Å². The first-order chi connectivity index (χ1) is 12.2. The average Bonchev–Trinajstić information content (AvgIpc) is 3.40. The van der Waals surface area contributed by atoms with E-state index in [-0.39, 0.29) is 18.6 Å². The minimum atomic E-state index is -0.0741. The zero-order valence-corrected chi connectivity index (χ0v) is 14.3. The zero-order valence-electron chi connectivity index (χ0n) is 14.3. The normalized spacial score (nSPS) is 24.7. The fourth-order valence-corrected chi connectivity index (χ4v) is 3.85. The monoisotopic (exact) mass is 338 g/mol. The van der Waals surface area contributed by atoms with Gasteiger partial charge in [0, 0.05) is 37.3 Å². The highest BCUT2D eigenvalue weighted by atomic mass is 16.3. The number of aromatic nitrogens is 3. The van der Waals surface area contributed by atoms with Gasteiger partial charge in [-0.15, -0.1) is 0 Å². The number of carbonyl (C=O) groups excluding carboxylic acids is 1. The number of aliphatic hydroxyl groups excluding tert-OH is 1. The maximum atomic E-state index is 13.3. The first-order valence-electron chi connectivity index (χ1n) is 8.84. The van der Waals surface area contributed by atoms with Crippen molar-refractivity contribution in [2.45, 2.75) is 32.2 Å². The van der Waals surface area contributed by atoms with Crippen LogP contribution in [0.5, 0.6) is 0 Å². The number of aliphatic hydroxyl groups is 1. The Kier molecular flexibility index (Phi) is 4.21. The zero-order chi connectivity index (χ0) is 17.4. The highest BCUT2D eigenvalue weighted by molar-refractivity contribution is 5.98. The summed E-state index contributed by atoms with van der Waals surface area (Å²) < 4.78 is 0. The summed E-state index contributed by atoms with van der Waals surface area (Å²) in [5.41, 5.74) is 1.87. The molecule has 1 saturated heterocycles. The molecule has 0 spiro atoms. The van der Waals surface area contributed by atoms with Gasteiger partial charge in [0.25, 0.3) is 5.91 Å². The molecule has 0 bridgehead atoms. The van der Waals surface area contributed by atoms with Crippen molar-refractivity contribution >= 4 is 5.91 Å². The second kappa shape index (κ2) is 6.52. The summed E-state index contributed by atoms with van der Waals surface area (Å²) in [6.07, 6.45) is 6.14. The molecule has 1 aliphatic carbocycles. The number of nitrogens with zero attached hydrogens (tertiary/aromatic N) is 4. The summed E-state index contributed by atoms with van der Waals surface area (Å²) in [4.78, 5) is 28.3. The molecule has 130 valence electrons. The summed E-state index contributed by atoms with van der Waals surface area (Å²) in [5.74, 6) is 1.77. The summed E-state index contributed by atoms with van der Waals surface area (Å²) in [6, 6.07) is 5.59.